The fourth-order valence-electron chi connectivity index (χ4n) is 1.56. The van der Waals surface area contributed by atoms with Crippen molar-refractivity contribution in [2.75, 3.05) is 25.2 Å². The first kappa shape index (κ1) is 13.9. The van der Waals surface area contributed by atoms with Crippen molar-refractivity contribution in [2.24, 2.45) is 5.92 Å². The van der Waals surface area contributed by atoms with Crippen LogP contribution in [0.1, 0.15) is 6.42 Å². The fraction of sp³-hybridized carbons (Fsp3) is 0.778. The number of sulfone groups is 1. The van der Waals surface area contributed by atoms with Crippen molar-refractivity contribution in [1.82, 2.24) is 5.32 Å². The van der Waals surface area contributed by atoms with Crippen LogP contribution in [0.25, 0.3) is 0 Å². The van der Waals surface area contributed by atoms with E-state index in [4.69, 9.17) is 0 Å². The molecular formula is C9H15NO6S. The largest absolute Gasteiger partial charge is 0.467 e. The predicted octanol–water partition coefficient (Wildman–Crippen LogP) is -1.93. The second-order valence-electron chi connectivity index (χ2n) is 3.88. The second kappa shape index (κ2) is 5.46. The van der Waals surface area contributed by atoms with Crippen LogP contribution >= 0.6 is 0 Å². The molecule has 0 spiro atoms. The Morgan fingerprint density at radius 1 is 1.53 bits per heavy atom. The maximum Gasteiger partial charge on any atom is 0.336 e. The minimum absolute atomic E-state index is 0.00461. The third-order valence-electron chi connectivity index (χ3n) is 2.55. The van der Waals surface area contributed by atoms with Crippen LogP contribution in [-0.2, 0) is 24.2 Å². The van der Waals surface area contributed by atoms with E-state index in [9.17, 15) is 23.1 Å². The van der Waals surface area contributed by atoms with Gasteiger partial charge in [0.25, 0.3) is 0 Å². The van der Waals surface area contributed by atoms with Gasteiger partial charge in [-0.25, -0.2) is 13.2 Å². The molecule has 1 amide bonds. The van der Waals surface area contributed by atoms with Crippen LogP contribution in [0.15, 0.2) is 0 Å². The predicted molar refractivity (Wildman–Crippen MR) is 57.8 cm³/mol. The van der Waals surface area contributed by atoms with Crippen LogP contribution in [0.5, 0.6) is 0 Å². The summed E-state index contributed by atoms with van der Waals surface area (Å²) in [5, 5.41) is 11.5. The molecule has 0 aromatic heterocycles. The Morgan fingerprint density at radius 2 is 2.18 bits per heavy atom. The van der Waals surface area contributed by atoms with Gasteiger partial charge in [0.15, 0.2) is 15.9 Å². The highest BCUT2D eigenvalue weighted by Crippen LogP contribution is 2.18. The monoisotopic (exact) mass is 265 g/mol. The topological polar surface area (TPSA) is 110 Å². The number of amides is 1. The molecule has 0 aromatic carbocycles. The van der Waals surface area contributed by atoms with Gasteiger partial charge in [-0.1, -0.05) is 0 Å². The number of hydrogen-bond acceptors (Lipinski definition) is 6. The Kier molecular flexibility index (Phi) is 4.47. The average Bonchev–Trinajstić information content (AvgIpc) is 2.64. The Morgan fingerprint density at radius 3 is 2.65 bits per heavy atom. The zero-order valence-electron chi connectivity index (χ0n) is 9.38. The molecule has 0 aliphatic carbocycles. The summed E-state index contributed by atoms with van der Waals surface area (Å²) in [6.45, 7) is -0.276. The minimum Gasteiger partial charge on any atom is -0.467 e. The highest BCUT2D eigenvalue weighted by molar-refractivity contribution is 7.91. The third-order valence-corrected chi connectivity index (χ3v) is 4.31. The SMILES string of the molecule is COC(=O)C(O)CNC(=O)C1CCS(=O)(=O)C1. The first-order chi connectivity index (χ1) is 7.85. The van der Waals surface area contributed by atoms with Crippen molar-refractivity contribution in [3.05, 3.63) is 0 Å². The summed E-state index contributed by atoms with van der Waals surface area (Å²) < 4.78 is 26.5. The van der Waals surface area contributed by atoms with Gasteiger partial charge in [0.2, 0.25) is 5.91 Å². The van der Waals surface area contributed by atoms with Crippen LogP contribution in [0, 0.1) is 5.92 Å². The lowest BCUT2D eigenvalue weighted by molar-refractivity contribution is -0.150. The normalized spacial score (nSPS) is 24.0. The quantitative estimate of drug-likeness (QED) is 0.573. The van der Waals surface area contributed by atoms with Crippen molar-refractivity contribution in [1.29, 1.82) is 0 Å². The fourth-order valence-corrected chi connectivity index (χ4v) is 3.30. The van der Waals surface area contributed by atoms with Gasteiger partial charge < -0.3 is 15.2 Å². The summed E-state index contributed by atoms with van der Waals surface area (Å²) in [7, 11) is -1.99. The van der Waals surface area contributed by atoms with Crippen molar-refractivity contribution >= 4 is 21.7 Å². The molecule has 1 aliphatic heterocycles. The summed E-state index contributed by atoms with van der Waals surface area (Å²) in [5.41, 5.74) is 0. The number of methoxy groups -OCH3 is 1. The lowest BCUT2D eigenvalue weighted by atomic mass is 10.1. The van der Waals surface area contributed by atoms with Gasteiger partial charge in [-0.15, -0.1) is 0 Å². The first-order valence-electron chi connectivity index (χ1n) is 5.10. The highest BCUT2D eigenvalue weighted by atomic mass is 32.2. The molecule has 98 valence electrons. The summed E-state index contributed by atoms with van der Waals surface area (Å²) in [5.74, 6) is -2.07. The molecule has 2 atom stereocenters. The molecule has 7 nitrogen and oxygen atoms in total. The van der Waals surface area contributed by atoms with E-state index in [2.05, 4.69) is 10.1 Å². The van der Waals surface area contributed by atoms with E-state index in [0.29, 0.717) is 0 Å². The van der Waals surface area contributed by atoms with E-state index in [1.807, 2.05) is 0 Å². The molecule has 0 radical (unpaired) electrons. The maximum atomic E-state index is 11.5. The van der Waals surface area contributed by atoms with Crippen molar-refractivity contribution in [3.63, 3.8) is 0 Å². The van der Waals surface area contributed by atoms with Crippen LogP contribution in [0.4, 0.5) is 0 Å². The van der Waals surface area contributed by atoms with Crippen LogP contribution in [0.3, 0.4) is 0 Å². The average molecular weight is 265 g/mol. The molecule has 1 saturated heterocycles. The molecular weight excluding hydrogens is 250 g/mol. The van der Waals surface area contributed by atoms with E-state index in [1.165, 1.54) is 0 Å². The lowest BCUT2D eigenvalue weighted by Crippen LogP contribution is -2.40. The number of esters is 1. The zero-order valence-corrected chi connectivity index (χ0v) is 10.2. The van der Waals surface area contributed by atoms with Gasteiger partial charge in [0.1, 0.15) is 0 Å². The minimum atomic E-state index is -3.12. The van der Waals surface area contributed by atoms with Crippen molar-refractivity contribution in [2.45, 2.75) is 12.5 Å². The van der Waals surface area contributed by atoms with Gasteiger partial charge in [0, 0.05) is 0 Å². The number of ether oxygens (including phenoxy) is 1. The van der Waals surface area contributed by atoms with Gasteiger partial charge in [-0.05, 0) is 6.42 Å². The number of nitrogens with one attached hydrogen (secondary N) is 1. The van der Waals surface area contributed by atoms with Gasteiger partial charge >= 0.3 is 5.97 Å². The van der Waals surface area contributed by atoms with E-state index in [1.54, 1.807) is 0 Å². The number of aliphatic hydroxyl groups excluding tert-OH is 1. The number of carbonyl (C=O) groups excluding carboxylic acids is 2. The molecule has 2 unspecified atom stereocenters. The molecule has 17 heavy (non-hydrogen) atoms. The summed E-state index contributed by atoms with van der Waals surface area (Å²) in [6.07, 6.45) is -1.15. The molecule has 8 heteroatoms. The summed E-state index contributed by atoms with van der Waals surface area (Å²) in [6, 6.07) is 0. The second-order valence-corrected chi connectivity index (χ2v) is 6.11. The summed E-state index contributed by atoms with van der Waals surface area (Å²) >= 11 is 0. The maximum absolute atomic E-state index is 11.5. The van der Waals surface area contributed by atoms with Gasteiger partial charge in [0.05, 0.1) is 31.1 Å². The molecule has 0 aromatic rings. The molecule has 0 saturated carbocycles. The van der Waals surface area contributed by atoms with E-state index in [0.717, 1.165) is 7.11 Å². The van der Waals surface area contributed by atoms with E-state index in [-0.39, 0.29) is 24.5 Å². The summed E-state index contributed by atoms with van der Waals surface area (Å²) in [4.78, 5) is 22.3. The number of hydrogen-bond donors (Lipinski definition) is 2. The molecule has 1 fully saturated rings. The Hall–Kier alpha value is -1.15. The zero-order chi connectivity index (χ0) is 13.1. The number of carbonyl (C=O) groups is 2. The van der Waals surface area contributed by atoms with E-state index >= 15 is 0 Å². The Balaban J connectivity index is 2.39. The van der Waals surface area contributed by atoms with Gasteiger partial charge in [-0.3, -0.25) is 4.79 Å². The molecule has 1 rings (SSSR count). The van der Waals surface area contributed by atoms with Crippen molar-refractivity contribution < 1.29 is 27.9 Å². The van der Waals surface area contributed by atoms with Gasteiger partial charge in [-0.2, -0.15) is 0 Å². The van der Waals surface area contributed by atoms with E-state index < -0.39 is 33.7 Å². The molecule has 2 N–H and O–H groups in total. The molecule has 1 heterocycles. The molecule has 1 aliphatic rings. The van der Waals surface area contributed by atoms with Crippen molar-refractivity contribution in [3.8, 4) is 0 Å². The Bertz CT molecular complexity index is 404. The number of aliphatic hydroxyl groups is 1. The first-order valence-corrected chi connectivity index (χ1v) is 6.92. The van der Waals surface area contributed by atoms with Crippen LogP contribution in [0.2, 0.25) is 0 Å². The third kappa shape index (κ3) is 3.97. The smallest absolute Gasteiger partial charge is 0.336 e. The lowest BCUT2D eigenvalue weighted by Gasteiger charge is -2.12. The van der Waals surface area contributed by atoms with Crippen LogP contribution < -0.4 is 5.32 Å². The standard InChI is InChI=1S/C9H15NO6S/c1-16-9(13)7(11)4-10-8(12)6-2-3-17(14,15)5-6/h6-7,11H,2-5H2,1H3,(H,10,12). The highest BCUT2D eigenvalue weighted by Gasteiger charge is 2.33. The molecule has 0 bridgehead atoms. The number of rotatable bonds is 4. The Labute approximate surface area is 99.1 Å². The van der Waals surface area contributed by atoms with Crippen LogP contribution in [-0.4, -0.2) is 56.7 Å².